The van der Waals surface area contributed by atoms with Gasteiger partial charge in [0.05, 0.1) is 47.9 Å². The fourth-order valence-corrected chi connectivity index (χ4v) is 3.44. The van der Waals surface area contributed by atoms with Crippen LogP contribution in [0.4, 0.5) is 0 Å². The summed E-state index contributed by atoms with van der Waals surface area (Å²) in [5, 5.41) is 4.10. The first kappa shape index (κ1) is 23.4. The number of ether oxygens (including phenoxy) is 5. The molecule has 2 aromatic carbocycles. The molecule has 1 amide bonds. The summed E-state index contributed by atoms with van der Waals surface area (Å²) in [6.07, 6.45) is 1.60. The number of hydrazone groups is 1. The van der Waals surface area contributed by atoms with Crippen LogP contribution in [0.3, 0.4) is 0 Å². The highest BCUT2D eigenvalue weighted by Crippen LogP contribution is 2.38. The summed E-state index contributed by atoms with van der Waals surface area (Å²) in [5.74, 6) is 1.62. The smallest absolute Gasteiger partial charge is 0.271 e. The first-order valence-corrected chi connectivity index (χ1v) is 10.2. The van der Waals surface area contributed by atoms with Crippen LogP contribution >= 0.6 is 0 Å². The zero-order chi connectivity index (χ0) is 22.9. The van der Waals surface area contributed by atoms with E-state index in [1.165, 1.54) is 21.3 Å². The van der Waals surface area contributed by atoms with Crippen molar-refractivity contribution in [2.24, 2.45) is 5.10 Å². The first-order chi connectivity index (χ1) is 15.6. The van der Waals surface area contributed by atoms with E-state index in [0.29, 0.717) is 22.8 Å². The Morgan fingerprint density at radius 1 is 1.00 bits per heavy atom. The predicted molar refractivity (Wildman–Crippen MR) is 120 cm³/mol. The van der Waals surface area contributed by atoms with Crippen molar-refractivity contribution in [3.63, 3.8) is 0 Å². The lowest BCUT2D eigenvalue weighted by atomic mass is 10.1. The molecule has 2 aromatic rings. The van der Waals surface area contributed by atoms with E-state index < -0.39 is 5.91 Å². The Morgan fingerprint density at radius 3 is 2.25 bits per heavy atom. The summed E-state index contributed by atoms with van der Waals surface area (Å²) in [6, 6.07) is 8.93. The second-order valence-electron chi connectivity index (χ2n) is 7.07. The van der Waals surface area contributed by atoms with Gasteiger partial charge in [-0.25, -0.2) is 5.43 Å². The average Bonchev–Trinajstić information content (AvgIpc) is 2.83. The summed E-state index contributed by atoms with van der Waals surface area (Å²) in [4.78, 5) is 14.9. The van der Waals surface area contributed by atoms with Crippen molar-refractivity contribution in [1.82, 2.24) is 10.3 Å². The van der Waals surface area contributed by atoms with Gasteiger partial charge in [-0.15, -0.1) is 0 Å². The summed E-state index contributed by atoms with van der Waals surface area (Å²) >= 11 is 0. The van der Waals surface area contributed by atoms with Gasteiger partial charge in [0.1, 0.15) is 5.75 Å². The Kier molecular flexibility index (Phi) is 8.29. The molecule has 9 nitrogen and oxygen atoms in total. The van der Waals surface area contributed by atoms with Gasteiger partial charge < -0.3 is 23.7 Å². The molecular formula is C23H29N3O6. The third-order valence-corrected chi connectivity index (χ3v) is 5.11. The van der Waals surface area contributed by atoms with Crippen LogP contribution in [-0.4, -0.2) is 71.8 Å². The van der Waals surface area contributed by atoms with Crippen LogP contribution in [0.15, 0.2) is 35.4 Å². The lowest BCUT2D eigenvalue weighted by Gasteiger charge is -2.27. The zero-order valence-electron chi connectivity index (χ0n) is 18.8. The van der Waals surface area contributed by atoms with Crippen molar-refractivity contribution < 1.29 is 28.5 Å². The second-order valence-corrected chi connectivity index (χ2v) is 7.07. The highest BCUT2D eigenvalue weighted by Gasteiger charge is 2.17. The van der Waals surface area contributed by atoms with Crippen molar-refractivity contribution in [3.8, 4) is 23.0 Å². The topological polar surface area (TPSA) is 90.9 Å². The zero-order valence-corrected chi connectivity index (χ0v) is 18.8. The second kappa shape index (κ2) is 11.4. The van der Waals surface area contributed by atoms with Crippen LogP contribution in [0.2, 0.25) is 0 Å². The van der Waals surface area contributed by atoms with Gasteiger partial charge >= 0.3 is 0 Å². The third-order valence-electron chi connectivity index (χ3n) is 5.11. The van der Waals surface area contributed by atoms with E-state index in [4.69, 9.17) is 23.7 Å². The molecule has 32 heavy (non-hydrogen) atoms. The predicted octanol–water partition coefficient (Wildman–Crippen LogP) is 2.32. The van der Waals surface area contributed by atoms with Gasteiger partial charge in [0.2, 0.25) is 5.75 Å². The number of carbonyl (C=O) groups is 1. The monoisotopic (exact) mass is 443 g/mol. The minimum absolute atomic E-state index is 0.333. The van der Waals surface area contributed by atoms with E-state index in [-0.39, 0.29) is 0 Å². The normalized spacial score (nSPS) is 14.2. The SMILES string of the molecule is COc1ccc(C=NNC(=O)c2cc(OC)c(OC)c(OC)c2)cc1CN1CCOCC1. The van der Waals surface area contributed by atoms with E-state index >= 15 is 0 Å². The Balaban J connectivity index is 1.71. The van der Waals surface area contributed by atoms with Gasteiger partial charge in [-0.05, 0) is 35.9 Å². The maximum absolute atomic E-state index is 12.6. The third kappa shape index (κ3) is 5.68. The summed E-state index contributed by atoms with van der Waals surface area (Å²) < 4.78 is 26.8. The van der Waals surface area contributed by atoms with Gasteiger partial charge in [0, 0.05) is 30.8 Å². The van der Waals surface area contributed by atoms with Crippen molar-refractivity contribution >= 4 is 12.1 Å². The number of amides is 1. The average molecular weight is 444 g/mol. The Labute approximate surface area is 187 Å². The number of hydrogen-bond donors (Lipinski definition) is 1. The molecule has 0 unspecified atom stereocenters. The highest BCUT2D eigenvalue weighted by molar-refractivity contribution is 5.96. The van der Waals surface area contributed by atoms with E-state index in [1.54, 1.807) is 25.5 Å². The van der Waals surface area contributed by atoms with Gasteiger partial charge in [-0.1, -0.05) is 0 Å². The summed E-state index contributed by atoms with van der Waals surface area (Å²) in [6.45, 7) is 3.98. The molecule has 0 atom stereocenters. The molecule has 0 spiro atoms. The van der Waals surface area contributed by atoms with Crippen LogP contribution in [0.5, 0.6) is 23.0 Å². The molecule has 0 saturated carbocycles. The van der Waals surface area contributed by atoms with E-state index in [2.05, 4.69) is 15.4 Å². The molecule has 1 fully saturated rings. The first-order valence-electron chi connectivity index (χ1n) is 10.2. The Morgan fingerprint density at radius 2 is 1.66 bits per heavy atom. The molecule has 1 aliphatic heterocycles. The molecule has 1 N–H and O–H groups in total. The van der Waals surface area contributed by atoms with E-state index in [9.17, 15) is 4.79 Å². The summed E-state index contributed by atoms with van der Waals surface area (Å²) in [5.41, 5.74) is 4.77. The molecule has 9 heteroatoms. The fourth-order valence-electron chi connectivity index (χ4n) is 3.44. The molecule has 1 aliphatic rings. The highest BCUT2D eigenvalue weighted by atomic mass is 16.5. The number of nitrogens with one attached hydrogen (secondary N) is 1. The van der Waals surface area contributed by atoms with Crippen LogP contribution in [0.25, 0.3) is 0 Å². The maximum atomic E-state index is 12.6. The number of carbonyl (C=O) groups excluding carboxylic acids is 1. The number of benzene rings is 2. The molecule has 3 rings (SSSR count). The maximum Gasteiger partial charge on any atom is 0.271 e. The largest absolute Gasteiger partial charge is 0.496 e. The van der Waals surface area contributed by atoms with Crippen molar-refractivity contribution in [3.05, 3.63) is 47.0 Å². The number of methoxy groups -OCH3 is 4. The minimum atomic E-state index is -0.400. The van der Waals surface area contributed by atoms with Gasteiger partial charge in [0.15, 0.2) is 11.5 Å². The Bertz CT molecular complexity index is 932. The quantitative estimate of drug-likeness (QED) is 0.470. The number of morpholine rings is 1. The van der Waals surface area contributed by atoms with E-state index in [1.807, 2.05) is 18.2 Å². The minimum Gasteiger partial charge on any atom is -0.496 e. The van der Waals surface area contributed by atoms with Crippen molar-refractivity contribution in [2.45, 2.75) is 6.54 Å². The van der Waals surface area contributed by atoms with E-state index in [0.717, 1.165) is 49.7 Å². The van der Waals surface area contributed by atoms with Crippen LogP contribution in [0, 0.1) is 0 Å². The molecule has 0 aromatic heterocycles. The molecule has 172 valence electrons. The van der Waals surface area contributed by atoms with Crippen molar-refractivity contribution in [2.75, 3.05) is 54.7 Å². The number of rotatable bonds is 9. The Hall–Kier alpha value is -3.30. The van der Waals surface area contributed by atoms with Crippen LogP contribution < -0.4 is 24.4 Å². The summed E-state index contributed by atoms with van der Waals surface area (Å²) in [7, 11) is 6.15. The van der Waals surface area contributed by atoms with Crippen LogP contribution in [0.1, 0.15) is 21.5 Å². The molecule has 0 aliphatic carbocycles. The number of hydrogen-bond acceptors (Lipinski definition) is 8. The molecule has 0 bridgehead atoms. The van der Waals surface area contributed by atoms with Gasteiger partial charge in [-0.3, -0.25) is 9.69 Å². The standard InChI is InChI=1S/C23H29N3O6/c1-28-19-6-5-16(11-18(19)15-26-7-9-32-10-8-26)14-24-25-23(27)17-12-20(29-2)22(31-4)21(13-17)30-3/h5-6,11-14H,7-10,15H2,1-4H3,(H,25,27). The molecule has 0 radical (unpaired) electrons. The lowest BCUT2D eigenvalue weighted by molar-refractivity contribution is 0.0339. The van der Waals surface area contributed by atoms with Crippen LogP contribution in [-0.2, 0) is 11.3 Å². The molecule has 1 saturated heterocycles. The fraction of sp³-hybridized carbons (Fsp3) is 0.391. The van der Waals surface area contributed by atoms with Gasteiger partial charge in [-0.2, -0.15) is 5.10 Å². The lowest BCUT2D eigenvalue weighted by Crippen LogP contribution is -2.35. The molecule has 1 heterocycles. The number of nitrogens with zero attached hydrogens (tertiary/aromatic N) is 2. The molecular weight excluding hydrogens is 414 g/mol. The van der Waals surface area contributed by atoms with Gasteiger partial charge in [0.25, 0.3) is 5.91 Å². The van der Waals surface area contributed by atoms with Crippen molar-refractivity contribution in [1.29, 1.82) is 0 Å².